The van der Waals surface area contributed by atoms with Gasteiger partial charge < -0.3 is 14.9 Å². The van der Waals surface area contributed by atoms with Crippen molar-refractivity contribution in [3.63, 3.8) is 0 Å². The van der Waals surface area contributed by atoms with E-state index in [1.807, 2.05) is 36.4 Å². The lowest BCUT2D eigenvalue weighted by Crippen LogP contribution is -2.53. The summed E-state index contributed by atoms with van der Waals surface area (Å²) in [5.41, 5.74) is 1.82. The second kappa shape index (κ2) is 12.9. The smallest absolute Gasteiger partial charge is 0.246 e. The van der Waals surface area contributed by atoms with E-state index in [2.05, 4.69) is 15.9 Å². The number of fused-ring (bicyclic) bond motifs is 4. The van der Waals surface area contributed by atoms with Crippen molar-refractivity contribution in [1.82, 2.24) is 4.90 Å². The lowest BCUT2D eigenvalue weighted by molar-refractivity contribution is -0.140. The van der Waals surface area contributed by atoms with Crippen LogP contribution in [0.2, 0.25) is 5.02 Å². The number of ether oxygens (including phenoxy) is 1. The number of imide groups is 2. The predicted octanol–water partition coefficient (Wildman–Crippen LogP) is 6.93. The Morgan fingerprint density at radius 1 is 0.885 bits per heavy atom. The lowest BCUT2D eigenvalue weighted by Gasteiger charge is -2.50. The van der Waals surface area contributed by atoms with E-state index in [-0.39, 0.29) is 42.0 Å². The molecule has 11 heteroatoms. The fraction of sp³-hybridized carbons (Fsp3) is 0.268. The Balaban J connectivity index is 1.30. The summed E-state index contributed by atoms with van der Waals surface area (Å²) in [6.45, 7) is 0.181. The van der Waals surface area contributed by atoms with Gasteiger partial charge in [-0.2, -0.15) is 0 Å². The number of aromatic hydroxyl groups is 2. The van der Waals surface area contributed by atoms with Crippen LogP contribution in [0.3, 0.4) is 0 Å². The Morgan fingerprint density at radius 2 is 1.63 bits per heavy atom. The maximum absolute atomic E-state index is 15.4. The van der Waals surface area contributed by atoms with Crippen LogP contribution in [0.4, 0.5) is 5.69 Å². The minimum absolute atomic E-state index is 0.114. The molecule has 0 radical (unpaired) electrons. The predicted molar refractivity (Wildman–Crippen MR) is 197 cm³/mol. The number of halogens is 2. The number of hydrogen-bond donors (Lipinski definition) is 2. The Morgan fingerprint density at radius 3 is 2.35 bits per heavy atom. The number of carbonyl (C=O) groups excluding carboxylic acids is 4. The summed E-state index contributed by atoms with van der Waals surface area (Å²) in [5.74, 6) is -4.73. The number of carbonyl (C=O) groups is 4. The van der Waals surface area contributed by atoms with Gasteiger partial charge in [-0.15, -0.1) is 0 Å². The highest BCUT2D eigenvalue weighted by Crippen LogP contribution is 2.65. The minimum Gasteiger partial charge on any atom is -0.508 e. The molecule has 3 fully saturated rings. The molecule has 0 spiro atoms. The standard InChI is InChI=1S/C41H34BrClN2O7/c1-52-33-19-23(18-32(42)36(33)47)35-28-14-15-29-34(39(50)44(37(29)48)17-16-22-10-12-27(46)13-11-22)30(28)21-31-38(49)45(26-9-5-8-25(43)20-26)40(51)41(31,35)24-6-3-2-4-7-24/h2-14,18-20,29-31,34-35,46-47H,15-17,21H2,1H3/t29-,30+,31-,34-,35-,41+/m0/s1. The second-order valence-electron chi connectivity index (χ2n) is 13.9. The summed E-state index contributed by atoms with van der Waals surface area (Å²) in [7, 11) is 1.44. The molecule has 9 nitrogen and oxygen atoms in total. The molecule has 6 atom stereocenters. The molecule has 2 N–H and O–H groups in total. The molecule has 264 valence electrons. The van der Waals surface area contributed by atoms with E-state index in [9.17, 15) is 24.6 Å². The molecule has 2 saturated heterocycles. The van der Waals surface area contributed by atoms with Crippen molar-refractivity contribution >= 4 is 56.8 Å². The third kappa shape index (κ3) is 5.10. The van der Waals surface area contributed by atoms with Gasteiger partial charge in [-0.25, -0.2) is 4.90 Å². The van der Waals surface area contributed by atoms with Crippen LogP contribution in [-0.2, 0) is 31.0 Å². The Hall–Kier alpha value is -4.93. The highest BCUT2D eigenvalue weighted by molar-refractivity contribution is 9.10. The van der Waals surface area contributed by atoms with Crippen molar-refractivity contribution in [2.45, 2.75) is 30.6 Å². The van der Waals surface area contributed by atoms with Crippen molar-refractivity contribution in [2.24, 2.45) is 23.7 Å². The van der Waals surface area contributed by atoms with Crippen LogP contribution in [0, 0.1) is 23.7 Å². The van der Waals surface area contributed by atoms with E-state index in [1.54, 1.807) is 60.7 Å². The van der Waals surface area contributed by atoms with Crippen LogP contribution in [0.5, 0.6) is 17.2 Å². The summed E-state index contributed by atoms with van der Waals surface area (Å²) in [5, 5.41) is 21.0. The van der Waals surface area contributed by atoms with Crippen LogP contribution >= 0.6 is 27.5 Å². The topological polar surface area (TPSA) is 124 Å². The molecule has 0 aromatic heterocycles. The van der Waals surface area contributed by atoms with Crippen molar-refractivity contribution in [3.05, 3.63) is 129 Å². The molecule has 2 heterocycles. The lowest BCUT2D eigenvalue weighted by atomic mass is 9.49. The largest absolute Gasteiger partial charge is 0.508 e. The van der Waals surface area contributed by atoms with E-state index >= 15 is 4.79 Å². The van der Waals surface area contributed by atoms with E-state index in [1.165, 1.54) is 16.9 Å². The number of allylic oxidation sites excluding steroid dienone is 2. The number of rotatable bonds is 7. The maximum Gasteiger partial charge on any atom is 0.246 e. The zero-order chi connectivity index (χ0) is 36.5. The molecule has 2 aliphatic carbocycles. The zero-order valence-electron chi connectivity index (χ0n) is 28.0. The van der Waals surface area contributed by atoms with E-state index in [4.69, 9.17) is 16.3 Å². The molecule has 4 aliphatic rings. The van der Waals surface area contributed by atoms with Crippen LogP contribution in [0.1, 0.15) is 35.4 Å². The number of phenolic OH excluding ortho intramolecular Hbond substituents is 2. The third-order valence-corrected chi connectivity index (χ3v) is 12.3. The summed E-state index contributed by atoms with van der Waals surface area (Å²) in [6, 6.07) is 26.0. The van der Waals surface area contributed by atoms with Gasteiger partial charge in [-0.1, -0.05) is 71.8 Å². The summed E-state index contributed by atoms with van der Waals surface area (Å²) >= 11 is 9.89. The molecule has 0 bridgehead atoms. The number of anilines is 1. The number of benzene rings is 4. The monoisotopic (exact) mass is 780 g/mol. The quantitative estimate of drug-likeness (QED) is 0.154. The van der Waals surface area contributed by atoms with Crippen LogP contribution < -0.4 is 9.64 Å². The number of likely N-dealkylation sites (tertiary alicyclic amines) is 1. The number of nitrogens with zero attached hydrogens (tertiary/aromatic N) is 2. The molecular formula is C41H34BrClN2O7. The van der Waals surface area contributed by atoms with Gasteiger partial charge in [0.05, 0.1) is 40.4 Å². The van der Waals surface area contributed by atoms with Crippen LogP contribution in [0.15, 0.2) is 107 Å². The zero-order valence-corrected chi connectivity index (χ0v) is 30.4. The third-order valence-electron chi connectivity index (χ3n) is 11.4. The number of amides is 4. The Labute approximate surface area is 313 Å². The SMILES string of the molecule is COc1cc([C@H]2C3=CC[C@@H]4C(=O)N(CCc5ccc(O)cc5)C(=O)[C@@H]4[C@@H]3C[C@H]3C(=O)N(c4cccc(Cl)c4)C(=O)[C@@]23c2ccccc2)cc(Br)c1O. The first-order chi connectivity index (χ1) is 25.1. The number of methoxy groups -OCH3 is 1. The summed E-state index contributed by atoms with van der Waals surface area (Å²) in [6.07, 6.45) is 2.88. The molecule has 8 rings (SSSR count). The minimum atomic E-state index is -1.46. The summed E-state index contributed by atoms with van der Waals surface area (Å²) in [4.78, 5) is 61.3. The first-order valence-corrected chi connectivity index (χ1v) is 18.3. The molecule has 4 amide bonds. The van der Waals surface area contributed by atoms with Crippen molar-refractivity contribution in [2.75, 3.05) is 18.6 Å². The highest BCUT2D eigenvalue weighted by Gasteiger charge is 2.70. The molecule has 0 unspecified atom stereocenters. The van der Waals surface area contributed by atoms with Crippen LogP contribution in [0.25, 0.3) is 0 Å². The van der Waals surface area contributed by atoms with Gasteiger partial charge in [-0.05, 0) is 100 Å². The van der Waals surface area contributed by atoms with Gasteiger partial charge in [0.1, 0.15) is 5.75 Å². The van der Waals surface area contributed by atoms with E-state index in [0.29, 0.717) is 39.2 Å². The molecule has 4 aromatic rings. The first-order valence-electron chi connectivity index (χ1n) is 17.1. The normalized spacial score (nSPS) is 26.6. The van der Waals surface area contributed by atoms with Crippen molar-refractivity contribution < 1.29 is 34.1 Å². The van der Waals surface area contributed by atoms with Gasteiger partial charge in [0.25, 0.3) is 0 Å². The molecular weight excluding hydrogens is 748 g/mol. The van der Waals surface area contributed by atoms with Crippen molar-refractivity contribution in [3.8, 4) is 17.2 Å². The van der Waals surface area contributed by atoms with Crippen molar-refractivity contribution in [1.29, 1.82) is 0 Å². The summed E-state index contributed by atoms with van der Waals surface area (Å²) < 4.78 is 5.93. The van der Waals surface area contributed by atoms with Gasteiger partial charge in [0, 0.05) is 17.5 Å². The van der Waals surface area contributed by atoms with E-state index < -0.39 is 46.8 Å². The van der Waals surface area contributed by atoms with Gasteiger partial charge in [0.15, 0.2) is 11.5 Å². The molecule has 52 heavy (non-hydrogen) atoms. The fourth-order valence-corrected chi connectivity index (χ4v) is 9.87. The maximum atomic E-state index is 15.4. The van der Waals surface area contributed by atoms with Gasteiger partial charge in [-0.3, -0.25) is 24.1 Å². The van der Waals surface area contributed by atoms with E-state index in [0.717, 1.165) is 11.1 Å². The Kier molecular flexibility index (Phi) is 8.50. The highest BCUT2D eigenvalue weighted by atomic mass is 79.9. The number of hydrogen-bond acceptors (Lipinski definition) is 7. The second-order valence-corrected chi connectivity index (χ2v) is 15.2. The molecule has 2 aliphatic heterocycles. The Bertz CT molecular complexity index is 2170. The molecule has 1 saturated carbocycles. The van der Waals surface area contributed by atoms with Gasteiger partial charge >= 0.3 is 0 Å². The van der Waals surface area contributed by atoms with Gasteiger partial charge in [0.2, 0.25) is 23.6 Å². The first kappa shape index (κ1) is 34.2. The average Bonchev–Trinajstić information content (AvgIpc) is 3.53. The number of phenols is 2. The fourth-order valence-electron chi connectivity index (χ4n) is 9.22. The average molecular weight is 782 g/mol. The molecule has 4 aromatic carbocycles. The van der Waals surface area contributed by atoms with Crippen LogP contribution in [-0.4, -0.2) is 52.4 Å².